The van der Waals surface area contributed by atoms with Crippen LogP contribution >= 0.6 is 0 Å². The number of aryl methyl sites for hydroxylation is 2. The van der Waals surface area contributed by atoms with Gasteiger partial charge in [-0.05, 0) is 31.0 Å². The molecule has 0 aliphatic carbocycles. The number of benzene rings is 1. The van der Waals surface area contributed by atoms with Gasteiger partial charge in [0.05, 0.1) is 17.6 Å². The van der Waals surface area contributed by atoms with Crippen LogP contribution in [-0.4, -0.2) is 40.3 Å². The van der Waals surface area contributed by atoms with Gasteiger partial charge in [0.15, 0.2) is 0 Å². The van der Waals surface area contributed by atoms with Crippen molar-refractivity contribution in [3.8, 4) is 0 Å². The lowest BCUT2D eigenvalue weighted by atomic mass is 10.1. The summed E-state index contributed by atoms with van der Waals surface area (Å²) in [7, 11) is 3.30. The minimum absolute atomic E-state index is 0.0125. The van der Waals surface area contributed by atoms with Crippen molar-refractivity contribution in [2.75, 3.05) is 14.1 Å². The molecule has 1 heterocycles. The number of likely N-dealkylation sites (N-methyl/N-ethyl adjacent to an activating group) is 1. The number of carbonyl (C=O) groups is 2. The molecule has 2 rings (SSSR count). The maximum absolute atomic E-state index is 12.5. The Hall–Kier alpha value is -2.37. The number of hydrogen-bond donors (Lipinski definition) is 0. The first kappa shape index (κ1) is 15.0. The van der Waals surface area contributed by atoms with Crippen molar-refractivity contribution in [3.63, 3.8) is 0 Å². The summed E-state index contributed by atoms with van der Waals surface area (Å²) in [6.45, 7) is 3.79. The van der Waals surface area contributed by atoms with Gasteiger partial charge < -0.3 is 9.69 Å². The molecule has 1 aromatic heterocycles. The fraction of sp³-hybridized carbons (Fsp3) is 0.400. The Morgan fingerprint density at radius 1 is 1.24 bits per heavy atom. The first-order chi connectivity index (χ1) is 9.86. The lowest BCUT2D eigenvalue weighted by Crippen LogP contribution is -2.32. The molecule has 112 valence electrons. The second kappa shape index (κ2) is 5.55. The molecule has 0 N–H and O–H groups in total. The van der Waals surface area contributed by atoms with Gasteiger partial charge in [0.25, 0.3) is 0 Å². The molecule has 0 radical (unpaired) electrons. The molecular weight excluding hydrogens is 270 g/mol. The highest BCUT2D eigenvalue weighted by atomic mass is 16.2. The van der Waals surface area contributed by atoms with Crippen molar-refractivity contribution in [2.24, 2.45) is 0 Å². The molecule has 0 saturated heterocycles. The van der Waals surface area contributed by atoms with Gasteiger partial charge in [-0.2, -0.15) is 0 Å². The molecule has 0 saturated carbocycles. The van der Waals surface area contributed by atoms with Gasteiger partial charge in [-0.1, -0.05) is 6.07 Å². The first-order valence-electron chi connectivity index (χ1n) is 6.71. The predicted octanol–water partition coefficient (Wildman–Crippen LogP) is 0.707. The normalized spacial score (nSPS) is 10.9. The van der Waals surface area contributed by atoms with Gasteiger partial charge in [0, 0.05) is 14.1 Å². The quantitative estimate of drug-likeness (QED) is 0.779. The molecule has 0 aliphatic heterocycles. The van der Waals surface area contributed by atoms with Crippen LogP contribution in [0.5, 0.6) is 0 Å². The smallest absolute Gasteiger partial charge is 0.329 e. The van der Waals surface area contributed by atoms with E-state index in [0.29, 0.717) is 17.3 Å². The summed E-state index contributed by atoms with van der Waals surface area (Å²) in [5, 5.41) is 0. The number of aldehydes is 1. The van der Waals surface area contributed by atoms with E-state index in [1.807, 2.05) is 26.0 Å². The monoisotopic (exact) mass is 289 g/mol. The summed E-state index contributed by atoms with van der Waals surface area (Å²) >= 11 is 0. The van der Waals surface area contributed by atoms with E-state index in [0.717, 1.165) is 11.1 Å². The molecule has 1 aromatic carbocycles. The Labute approximate surface area is 122 Å². The van der Waals surface area contributed by atoms with Crippen LogP contribution in [0.25, 0.3) is 11.0 Å². The predicted molar refractivity (Wildman–Crippen MR) is 80.4 cm³/mol. The Balaban J connectivity index is 2.75. The minimum atomic E-state index is -0.332. The van der Waals surface area contributed by atoms with Crippen LogP contribution in [0.3, 0.4) is 0 Å². The van der Waals surface area contributed by atoms with Gasteiger partial charge in [0.1, 0.15) is 12.8 Å². The highest BCUT2D eigenvalue weighted by molar-refractivity contribution is 5.84. The molecule has 0 unspecified atom stereocenters. The van der Waals surface area contributed by atoms with Gasteiger partial charge in [-0.15, -0.1) is 0 Å². The van der Waals surface area contributed by atoms with Crippen molar-refractivity contribution >= 4 is 23.2 Å². The number of amides is 1. The number of nitrogens with zero attached hydrogens (tertiary/aromatic N) is 3. The van der Waals surface area contributed by atoms with Gasteiger partial charge >= 0.3 is 5.69 Å². The molecule has 21 heavy (non-hydrogen) atoms. The molecule has 0 aliphatic rings. The average molecular weight is 289 g/mol. The Morgan fingerprint density at radius 3 is 2.48 bits per heavy atom. The van der Waals surface area contributed by atoms with Crippen LogP contribution in [0.15, 0.2) is 16.9 Å². The van der Waals surface area contributed by atoms with E-state index < -0.39 is 0 Å². The minimum Gasteiger partial charge on any atom is -0.347 e. The number of carbonyl (C=O) groups excluding carboxylic acids is 2. The average Bonchev–Trinajstić information content (AvgIpc) is 2.64. The second-order valence-corrected chi connectivity index (χ2v) is 5.38. The molecule has 0 atom stereocenters. The van der Waals surface area contributed by atoms with Crippen LogP contribution in [0.1, 0.15) is 11.1 Å². The number of fused-ring (bicyclic) bond motifs is 1. The Morgan fingerprint density at radius 2 is 1.90 bits per heavy atom. The summed E-state index contributed by atoms with van der Waals surface area (Å²) in [5.41, 5.74) is 2.99. The molecule has 0 bridgehead atoms. The van der Waals surface area contributed by atoms with Crippen LogP contribution in [0.2, 0.25) is 0 Å². The van der Waals surface area contributed by atoms with Gasteiger partial charge in [-0.25, -0.2) is 4.79 Å². The van der Waals surface area contributed by atoms with E-state index in [2.05, 4.69) is 0 Å². The Kier molecular flexibility index (Phi) is 3.97. The fourth-order valence-corrected chi connectivity index (χ4v) is 2.51. The Bertz CT molecular complexity index is 769. The fourth-order valence-electron chi connectivity index (χ4n) is 2.51. The second-order valence-electron chi connectivity index (χ2n) is 5.38. The lowest BCUT2D eigenvalue weighted by molar-refractivity contribution is -0.129. The third-order valence-electron chi connectivity index (χ3n) is 3.50. The van der Waals surface area contributed by atoms with Crippen molar-refractivity contribution < 1.29 is 9.59 Å². The summed E-state index contributed by atoms with van der Waals surface area (Å²) in [6.07, 6.45) is 0.691. The zero-order valence-corrected chi connectivity index (χ0v) is 12.7. The lowest BCUT2D eigenvalue weighted by Gasteiger charge is -2.11. The van der Waals surface area contributed by atoms with Crippen LogP contribution < -0.4 is 5.69 Å². The highest BCUT2D eigenvalue weighted by Gasteiger charge is 2.18. The zero-order valence-electron chi connectivity index (χ0n) is 12.7. The summed E-state index contributed by atoms with van der Waals surface area (Å²) in [6, 6.07) is 3.83. The van der Waals surface area contributed by atoms with Crippen molar-refractivity contribution in [2.45, 2.75) is 26.9 Å². The number of aromatic nitrogens is 2. The van der Waals surface area contributed by atoms with Crippen molar-refractivity contribution in [3.05, 3.63) is 33.7 Å². The van der Waals surface area contributed by atoms with Crippen LogP contribution in [0, 0.1) is 13.8 Å². The molecule has 0 spiro atoms. The summed E-state index contributed by atoms with van der Waals surface area (Å²) in [4.78, 5) is 36.7. The van der Waals surface area contributed by atoms with Crippen molar-refractivity contribution in [1.29, 1.82) is 0 Å². The van der Waals surface area contributed by atoms with Crippen molar-refractivity contribution in [1.82, 2.24) is 14.0 Å². The number of rotatable bonds is 4. The third kappa shape index (κ3) is 2.61. The van der Waals surface area contributed by atoms with Crippen LogP contribution in [0.4, 0.5) is 0 Å². The molecule has 6 nitrogen and oxygen atoms in total. The maximum Gasteiger partial charge on any atom is 0.329 e. The van der Waals surface area contributed by atoms with E-state index in [9.17, 15) is 14.4 Å². The molecule has 6 heteroatoms. The van der Waals surface area contributed by atoms with Crippen LogP contribution in [-0.2, 0) is 22.7 Å². The van der Waals surface area contributed by atoms with E-state index in [1.54, 1.807) is 14.1 Å². The zero-order chi connectivity index (χ0) is 15.7. The molecule has 0 fully saturated rings. The van der Waals surface area contributed by atoms with Gasteiger partial charge in [0.2, 0.25) is 5.91 Å². The number of hydrogen-bond acceptors (Lipinski definition) is 3. The SMILES string of the molecule is Cc1cc(C)c2c(c1)n(CC=O)c(=O)n2CC(=O)N(C)C. The van der Waals surface area contributed by atoms with E-state index in [4.69, 9.17) is 0 Å². The van der Waals surface area contributed by atoms with E-state index in [1.165, 1.54) is 14.0 Å². The summed E-state index contributed by atoms with van der Waals surface area (Å²) < 4.78 is 2.85. The molecule has 2 aromatic rings. The third-order valence-corrected chi connectivity index (χ3v) is 3.50. The highest BCUT2D eigenvalue weighted by Crippen LogP contribution is 2.20. The van der Waals surface area contributed by atoms with E-state index in [-0.39, 0.29) is 24.7 Å². The maximum atomic E-state index is 12.5. The van der Waals surface area contributed by atoms with E-state index >= 15 is 0 Å². The molecule has 1 amide bonds. The standard InChI is InChI=1S/C15H19N3O3/c1-10-7-11(2)14-12(8-10)17(5-6-19)15(21)18(14)9-13(20)16(3)4/h6-8H,5,9H2,1-4H3. The number of imidazole rings is 1. The topological polar surface area (TPSA) is 64.3 Å². The van der Waals surface area contributed by atoms with Gasteiger partial charge in [-0.3, -0.25) is 13.9 Å². The molecular formula is C15H19N3O3. The first-order valence-corrected chi connectivity index (χ1v) is 6.71. The summed E-state index contributed by atoms with van der Waals surface area (Å²) in [5.74, 6) is -0.165. The largest absolute Gasteiger partial charge is 0.347 e.